The lowest BCUT2D eigenvalue weighted by atomic mass is 10.3. The average Bonchev–Trinajstić information content (AvgIpc) is 2.84. The van der Waals surface area contributed by atoms with Crippen LogP contribution in [-0.4, -0.2) is 11.7 Å². The van der Waals surface area contributed by atoms with Gasteiger partial charge in [-0.05, 0) is 31.2 Å². The van der Waals surface area contributed by atoms with Crippen LogP contribution in [0.5, 0.6) is 0 Å². The molecule has 1 aromatic heterocycles. The minimum absolute atomic E-state index is 0.00127. The Morgan fingerprint density at radius 1 is 1.32 bits per heavy atom. The van der Waals surface area contributed by atoms with Crippen LogP contribution in [0.1, 0.15) is 17.8 Å². The summed E-state index contributed by atoms with van der Waals surface area (Å²) in [4.78, 5) is 14.0. The third kappa shape index (κ3) is 4.56. The molecule has 0 aliphatic rings. The number of benzene rings is 1. The highest BCUT2D eigenvalue weighted by Gasteiger charge is 2.11. The Labute approximate surface area is 126 Å². The van der Waals surface area contributed by atoms with Crippen molar-refractivity contribution in [2.24, 2.45) is 0 Å². The molecule has 0 bridgehead atoms. The quantitative estimate of drug-likeness (QED) is 0.831. The minimum Gasteiger partial charge on any atom is -0.348 e. The lowest BCUT2D eigenvalue weighted by Gasteiger charge is -2.11. The maximum absolute atomic E-state index is 11.8. The van der Waals surface area contributed by atoms with E-state index < -0.39 is 0 Å². The number of hydrogen-bond donors (Lipinski definition) is 1. The highest BCUT2D eigenvalue weighted by Crippen LogP contribution is 2.26. The van der Waals surface area contributed by atoms with Gasteiger partial charge in [-0.3, -0.25) is 4.79 Å². The molecule has 0 saturated heterocycles. The fourth-order valence-corrected chi connectivity index (χ4v) is 3.37. The second-order valence-corrected chi connectivity index (χ2v) is 6.83. The van der Waals surface area contributed by atoms with Crippen LogP contribution < -0.4 is 5.32 Å². The Morgan fingerprint density at radius 3 is 2.68 bits per heavy atom. The van der Waals surface area contributed by atoms with E-state index in [4.69, 9.17) is 11.6 Å². The van der Waals surface area contributed by atoms with Crippen molar-refractivity contribution in [3.63, 3.8) is 0 Å². The second kappa shape index (κ2) is 6.98. The molecule has 1 atom stereocenters. The van der Waals surface area contributed by atoms with Gasteiger partial charge in [0.05, 0.1) is 16.1 Å². The Balaban J connectivity index is 1.81. The predicted octanol–water partition coefficient (Wildman–Crippen LogP) is 4.37. The largest absolute Gasteiger partial charge is 0.348 e. The predicted molar refractivity (Wildman–Crippen MR) is 83.1 cm³/mol. The second-order valence-electron chi connectivity index (χ2n) is 4.03. The summed E-state index contributed by atoms with van der Waals surface area (Å²) in [6.45, 7) is 1.97. The van der Waals surface area contributed by atoms with Gasteiger partial charge in [0.1, 0.15) is 0 Å². The summed E-state index contributed by atoms with van der Waals surface area (Å²) in [5.74, 6) is 0.457. The molecule has 2 rings (SSSR count). The van der Waals surface area contributed by atoms with Crippen LogP contribution in [0.15, 0.2) is 47.4 Å². The van der Waals surface area contributed by atoms with Crippen molar-refractivity contribution in [3.8, 4) is 0 Å². The van der Waals surface area contributed by atoms with Crippen molar-refractivity contribution in [3.05, 3.63) is 51.7 Å². The van der Waals surface area contributed by atoms with Crippen molar-refractivity contribution in [1.29, 1.82) is 0 Å². The summed E-state index contributed by atoms with van der Waals surface area (Å²) in [5.41, 5.74) is 0. The highest BCUT2D eigenvalue weighted by atomic mass is 35.5. The fraction of sp³-hybridized carbons (Fsp3) is 0.214. The van der Waals surface area contributed by atoms with Gasteiger partial charge < -0.3 is 5.32 Å². The number of rotatable bonds is 5. The minimum atomic E-state index is 0.00127. The molecular formula is C14H14ClNOS2. The molecule has 1 amide bonds. The zero-order chi connectivity index (χ0) is 13.7. The van der Waals surface area contributed by atoms with Gasteiger partial charge in [-0.2, -0.15) is 0 Å². The van der Waals surface area contributed by atoms with Crippen LogP contribution in [0.25, 0.3) is 0 Å². The molecule has 0 spiro atoms. The van der Waals surface area contributed by atoms with E-state index in [2.05, 4.69) is 5.32 Å². The molecule has 0 aliphatic carbocycles. The van der Waals surface area contributed by atoms with Crippen LogP contribution in [0, 0.1) is 0 Å². The van der Waals surface area contributed by atoms with Crippen LogP contribution in [0.4, 0.5) is 0 Å². The lowest BCUT2D eigenvalue weighted by Crippen LogP contribution is -2.27. The molecule has 1 heterocycles. The van der Waals surface area contributed by atoms with Crippen LogP contribution in [0.3, 0.4) is 0 Å². The van der Waals surface area contributed by atoms with Gasteiger partial charge in [-0.25, -0.2) is 0 Å². The average molecular weight is 312 g/mol. The van der Waals surface area contributed by atoms with Gasteiger partial charge in [0.15, 0.2) is 0 Å². The first-order valence-electron chi connectivity index (χ1n) is 5.87. The molecule has 1 unspecified atom stereocenters. The Hall–Kier alpha value is -0.970. The van der Waals surface area contributed by atoms with Gasteiger partial charge >= 0.3 is 0 Å². The van der Waals surface area contributed by atoms with E-state index in [-0.39, 0.29) is 11.9 Å². The summed E-state index contributed by atoms with van der Waals surface area (Å²) < 4.78 is 0.745. The van der Waals surface area contributed by atoms with E-state index in [1.165, 1.54) is 23.1 Å². The summed E-state index contributed by atoms with van der Waals surface area (Å²) >= 11 is 8.92. The van der Waals surface area contributed by atoms with Crippen LogP contribution in [0.2, 0.25) is 4.34 Å². The van der Waals surface area contributed by atoms with Crippen LogP contribution >= 0.6 is 34.7 Å². The molecule has 0 fully saturated rings. The zero-order valence-electron chi connectivity index (χ0n) is 10.4. The number of carbonyl (C=O) groups excluding carboxylic acids is 1. The van der Waals surface area contributed by atoms with E-state index in [1.807, 2.05) is 49.4 Å². The molecule has 0 radical (unpaired) electrons. The normalized spacial score (nSPS) is 12.1. The van der Waals surface area contributed by atoms with Crippen molar-refractivity contribution >= 4 is 40.6 Å². The lowest BCUT2D eigenvalue weighted by molar-refractivity contribution is -0.119. The van der Waals surface area contributed by atoms with E-state index in [0.29, 0.717) is 5.75 Å². The summed E-state index contributed by atoms with van der Waals surface area (Å²) in [7, 11) is 0. The van der Waals surface area contributed by atoms with E-state index in [0.717, 1.165) is 14.1 Å². The van der Waals surface area contributed by atoms with Gasteiger partial charge in [0.2, 0.25) is 5.91 Å². The molecule has 19 heavy (non-hydrogen) atoms. The molecule has 1 aromatic carbocycles. The number of hydrogen-bond acceptors (Lipinski definition) is 3. The van der Waals surface area contributed by atoms with Gasteiger partial charge in [-0.15, -0.1) is 23.1 Å². The summed E-state index contributed by atoms with van der Waals surface area (Å²) in [5, 5.41) is 2.97. The number of amides is 1. The third-order valence-corrected chi connectivity index (χ3v) is 4.94. The van der Waals surface area contributed by atoms with Crippen LogP contribution in [-0.2, 0) is 4.79 Å². The first-order chi connectivity index (χ1) is 9.15. The zero-order valence-corrected chi connectivity index (χ0v) is 12.8. The Bertz CT molecular complexity index is 541. The Morgan fingerprint density at radius 2 is 2.05 bits per heavy atom. The molecular weight excluding hydrogens is 298 g/mol. The van der Waals surface area contributed by atoms with Gasteiger partial charge in [-0.1, -0.05) is 29.8 Å². The highest BCUT2D eigenvalue weighted by molar-refractivity contribution is 8.00. The maximum atomic E-state index is 11.8. The first-order valence-corrected chi connectivity index (χ1v) is 8.05. The molecule has 100 valence electrons. The van der Waals surface area contributed by atoms with Gasteiger partial charge in [0.25, 0.3) is 0 Å². The van der Waals surface area contributed by atoms with Crippen molar-refractivity contribution in [1.82, 2.24) is 5.32 Å². The number of thiophene rings is 1. The molecule has 0 aliphatic heterocycles. The number of nitrogens with one attached hydrogen (secondary N) is 1. The first kappa shape index (κ1) is 14.4. The molecule has 2 nitrogen and oxygen atoms in total. The summed E-state index contributed by atoms with van der Waals surface area (Å²) in [6, 6.07) is 13.7. The smallest absolute Gasteiger partial charge is 0.230 e. The maximum Gasteiger partial charge on any atom is 0.230 e. The topological polar surface area (TPSA) is 29.1 Å². The SMILES string of the molecule is CC(NC(=O)CSc1ccccc1)c1ccc(Cl)s1. The van der Waals surface area contributed by atoms with Gasteiger partial charge in [0, 0.05) is 9.77 Å². The molecule has 0 saturated carbocycles. The fourth-order valence-electron chi connectivity index (χ4n) is 1.58. The monoisotopic (exact) mass is 311 g/mol. The molecule has 1 N–H and O–H groups in total. The van der Waals surface area contributed by atoms with Crippen molar-refractivity contribution < 1.29 is 4.79 Å². The molecule has 5 heteroatoms. The van der Waals surface area contributed by atoms with Crippen molar-refractivity contribution in [2.45, 2.75) is 17.9 Å². The Kier molecular flexibility index (Phi) is 5.31. The number of carbonyl (C=O) groups is 1. The number of halogens is 1. The molecule has 2 aromatic rings. The standard InChI is InChI=1S/C14H14ClNOS2/c1-10(12-7-8-13(15)19-12)16-14(17)9-18-11-5-3-2-4-6-11/h2-8,10H,9H2,1H3,(H,16,17). The van der Waals surface area contributed by atoms with Crippen molar-refractivity contribution in [2.75, 3.05) is 5.75 Å². The number of thioether (sulfide) groups is 1. The van der Waals surface area contributed by atoms with E-state index in [1.54, 1.807) is 0 Å². The summed E-state index contributed by atoms with van der Waals surface area (Å²) in [6.07, 6.45) is 0. The van der Waals surface area contributed by atoms with E-state index >= 15 is 0 Å². The third-order valence-electron chi connectivity index (χ3n) is 2.51. The van der Waals surface area contributed by atoms with E-state index in [9.17, 15) is 4.79 Å².